The van der Waals surface area contributed by atoms with Gasteiger partial charge in [-0.25, -0.2) is 0 Å². The van der Waals surface area contributed by atoms with Crippen molar-refractivity contribution in [3.63, 3.8) is 0 Å². The van der Waals surface area contributed by atoms with Crippen LogP contribution in [0.25, 0.3) is 0 Å². The highest BCUT2D eigenvalue weighted by Gasteiger charge is 2.18. The Morgan fingerprint density at radius 2 is 2.50 bits per heavy atom. The summed E-state index contributed by atoms with van der Waals surface area (Å²) in [6, 6.07) is 0. The van der Waals surface area contributed by atoms with E-state index in [4.69, 9.17) is 9.84 Å². The van der Waals surface area contributed by atoms with Crippen LogP contribution in [-0.4, -0.2) is 62.6 Å². The molecule has 0 bridgehead atoms. The van der Waals surface area contributed by atoms with E-state index >= 15 is 0 Å². The minimum Gasteiger partial charge on any atom is -0.395 e. The molecule has 0 aliphatic carbocycles. The number of morpholine rings is 1. The maximum Gasteiger partial charge on any atom is 0.0826 e. The van der Waals surface area contributed by atoms with E-state index in [0.29, 0.717) is 0 Å². The van der Waals surface area contributed by atoms with E-state index in [1.165, 1.54) is 0 Å². The molecular weight excluding hydrogens is 156 g/mol. The lowest BCUT2D eigenvalue weighted by molar-refractivity contribution is -0.0300. The largest absolute Gasteiger partial charge is 0.395 e. The van der Waals surface area contributed by atoms with E-state index in [2.05, 4.69) is 10.2 Å². The topological polar surface area (TPSA) is 44.7 Å². The number of nitrogens with zero attached hydrogens (tertiary/aromatic N) is 1. The number of β-amino-alcohol motifs (C(OH)–C–C–N with tert-alkyl or cyclic N) is 1. The lowest BCUT2D eigenvalue weighted by atomic mass is 10.2. The molecule has 0 saturated carbocycles. The van der Waals surface area contributed by atoms with Crippen LogP contribution in [0.15, 0.2) is 0 Å². The Morgan fingerprint density at radius 3 is 3.17 bits per heavy atom. The molecule has 0 aromatic heterocycles. The van der Waals surface area contributed by atoms with Gasteiger partial charge in [-0.1, -0.05) is 0 Å². The normalized spacial score (nSPS) is 26.0. The summed E-state index contributed by atoms with van der Waals surface area (Å²) < 4.78 is 5.51. The molecule has 1 unspecified atom stereocenters. The van der Waals surface area contributed by atoms with Crippen molar-refractivity contribution in [2.75, 3.05) is 46.4 Å². The molecule has 1 atom stereocenters. The zero-order chi connectivity index (χ0) is 8.81. The van der Waals surface area contributed by atoms with Gasteiger partial charge in [0.25, 0.3) is 0 Å². The van der Waals surface area contributed by atoms with Crippen molar-refractivity contribution in [1.29, 1.82) is 0 Å². The molecule has 12 heavy (non-hydrogen) atoms. The number of hydrogen-bond acceptors (Lipinski definition) is 4. The first-order valence-electron chi connectivity index (χ1n) is 4.46. The van der Waals surface area contributed by atoms with Crippen LogP contribution in [-0.2, 0) is 4.74 Å². The standard InChI is InChI=1S/C8H18N2O2/c1-9-6-8-7-10(2-4-11)3-5-12-8/h8-9,11H,2-7H2,1H3. The molecule has 1 rings (SSSR count). The molecule has 1 fully saturated rings. The molecule has 2 N–H and O–H groups in total. The maximum absolute atomic E-state index is 8.74. The van der Waals surface area contributed by atoms with Crippen LogP contribution in [0, 0.1) is 0 Å². The smallest absolute Gasteiger partial charge is 0.0826 e. The zero-order valence-electron chi connectivity index (χ0n) is 7.62. The van der Waals surface area contributed by atoms with Gasteiger partial charge in [0.15, 0.2) is 0 Å². The number of ether oxygens (including phenoxy) is 1. The van der Waals surface area contributed by atoms with Crippen LogP contribution < -0.4 is 5.32 Å². The molecule has 1 saturated heterocycles. The van der Waals surface area contributed by atoms with Crippen LogP contribution in [0.1, 0.15) is 0 Å². The van der Waals surface area contributed by atoms with Gasteiger partial charge >= 0.3 is 0 Å². The third-order valence-corrected chi connectivity index (χ3v) is 2.07. The average Bonchev–Trinajstić information content (AvgIpc) is 2.06. The summed E-state index contributed by atoms with van der Waals surface area (Å²) in [4.78, 5) is 2.23. The lowest BCUT2D eigenvalue weighted by Gasteiger charge is -2.32. The predicted octanol–water partition coefficient (Wildman–Crippen LogP) is -1.10. The quantitative estimate of drug-likeness (QED) is 0.568. The summed E-state index contributed by atoms with van der Waals surface area (Å²) in [7, 11) is 1.92. The van der Waals surface area contributed by atoms with E-state index in [0.717, 1.165) is 32.8 Å². The van der Waals surface area contributed by atoms with Crippen molar-refractivity contribution in [2.45, 2.75) is 6.10 Å². The molecule has 0 aromatic carbocycles. The molecule has 72 valence electrons. The number of aliphatic hydroxyl groups is 1. The van der Waals surface area contributed by atoms with Crippen LogP contribution in [0.3, 0.4) is 0 Å². The van der Waals surface area contributed by atoms with Crippen LogP contribution >= 0.6 is 0 Å². The van der Waals surface area contributed by atoms with E-state index in [-0.39, 0.29) is 12.7 Å². The molecule has 1 heterocycles. The fraction of sp³-hybridized carbons (Fsp3) is 1.00. The Balaban J connectivity index is 2.20. The van der Waals surface area contributed by atoms with Crippen LogP contribution in [0.2, 0.25) is 0 Å². The van der Waals surface area contributed by atoms with Gasteiger partial charge in [0, 0.05) is 26.2 Å². The second kappa shape index (κ2) is 5.48. The third kappa shape index (κ3) is 3.06. The second-order valence-corrected chi connectivity index (χ2v) is 3.07. The second-order valence-electron chi connectivity index (χ2n) is 3.07. The molecule has 4 heteroatoms. The van der Waals surface area contributed by atoms with Gasteiger partial charge in [-0.3, -0.25) is 4.90 Å². The molecule has 0 radical (unpaired) electrons. The SMILES string of the molecule is CNCC1CN(CCO)CCO1. The number of likely N-dealkylation sites (N-methyl/N-ethyl adjacent to an activating group) is 1. The number of rotatable bonds is 4. The van der Waals surface area contributed by atoms with Gasteiger partial charge in [-0.05, 0) is 7.05 Å². The third-order valence-electron chi connectivity index (χ3n) is 2.07. The fourth-order valence-corrected chi connectivity index (χ4v) is 1.48. The molecule has 0 aromatic rings. The lowest BCUT2D eigenvalue weighted by Crippen LogP contribution is -2.46. The fourth-order valence-electron chi connectivity index (χ4n) is 1.48. The average molecular weight is 174 g/mol. The number of hydrogen-bond donors (Lipinski definition) is 2. The van der Waals surface area contributed by atoms with Gasteiger partial charge in [-0.2, -0.15) is 0 Å². The van der Waals surface area contributed by atoms with Crippen molar-refractivity contribution in [3.8, 4) is 0 Å². The van der Waals surface area contributed by atoms with Crippen LogP contribution in [0.4, 0.5) is 0 Å². The molecule has 4 nitrogen and oxygen atoms in total. The molecule has 0 spiro atoms. The summed E-state index contributed by atoms with van der Waals surface area (Å²) >= 11 is 0. The van der Waals surface area contributed by atoms with Crippen molar-refractivity contribution >= 4 is 0 Å². The molecule has 1 aliphatic rings. The van der Waals surface area contributed by atoms with Crippen molar-refractivity contribution < 1.29 is 9.84 Å². The Bertz CT molecular complexity index is 106. The highest BCUT2D eigenvalue weighted by molar-refractivity contribution is 4.72. The van der Waals surface area contributed by atoms with Gasteiger partial charge in [-0.15, -0.1) is 0 Å². The first kappa shape index (κ1) is 9.92. The Morgan fingerprint density at radius 1 is 1.67 bits per heavy atom. The predicted molar refractivity (Wildman–Crippen MR) is 47.2 cm³/mol. The van der Waals surface area contributed by atoms with E-state index < -0.39 is 0 Å². The summed E-state index contributed by atoms with van der Waals surface area (Å²) in [5.41, 5.74) is 0. The Kier molecular flexibility index (Phi) is 4.53. The van der Waals surface area contributed by atoms with Gasteiger partial charge < -0.3 is 15.2 Å². The summed E-state index contributed by atoms with van der Waals surface area (Å²) in [5, 5.41) is 11.8. The van der Waals surface area contributed by atoms with Gasteiger partial charge in [0.1, 0.15) is 0 Å². The highest BCUT2D eigenvalue weighted by Crippen LogP contribution is 2.03. The van der Waals surface area contributed by atoms with Crippen molar-refractivity contribution in [1.82, 2.24) is 10.2 Å². The van der Waals surface area contributed by atoms with E-state index in [1.54, 1.807) is 0 Å². The zero-order valence-corrected chi connectivity index (χ0v) is 7.62. The summed E-state index contributed by atoms with van der Waals surface area (Å²) in [6.45, 7) is 4.56. The van der Waals surface area contributed by atoms with Gasteiger partial charge in [0.05, 0.1) is 19.3 Å². The van der Waals surface area contributed by atoms with E-state index in [1.807, 2.05) is 7.05 Å². The molecule has 1 aliphatic heterocycles. The Hall–Kier alpha value is -0.160. The maximum atomic E-state index is 8.74. The van der Waals surface area contributed by atoms with Gasteiger partial charge in [0.2, 0.25) is 0 Å². The summed E-state index contributed by atoms with van der Waals surface area (Å²) in [6.07, 6.45) is 0.287. The van der Waals surface area contributed by atoms with E-state index in [9.17, 15) is 0 Å². The molecular formula is C8H18N2O2. The monoisotopic (exact) mass is 174 g/mol. The molecule has 0 amide bonds. The number of nitrogens with one attached hydrogen (secondary N) is 1. The van der Waals surface area contributed by atoms with Crippen molar-refractivity contribution in [3.05, 3.63) is 0 Å². The van der Waals surface area contributed by atoms with Crippen LogP contribution in [0.5, 0.6) is 0 Å². The Labute approximate surface area is 73.5 Å². The minimum atomic E-state index is 0.242. The first-order valence-corrected chi connectivity index (χ1v) is 4.46. The number of aliphatic hydroxyl groups excluding tert-OH is 1. The van der Waals surface area contributed by atoms with Crippen molar-refractivity contribution in [2.24, 2.45) is 0 Å². The highest BCUT2D eigenvalue weighted by atomic mass is 16.5. The minimum absolute atomic E-state index is 0.242. The first-order chi connectivity index (χ1) is 5.86. The summed E-state index contributed by atoms with van der Waals surface area (Å²) in [5.74, 6) is 0.